The van der Waals surface area contributed by atoms with Crippen LogP contribution in [0.3, 0.4) is 0 Å². The van der Waals surface area contributed by atoms with Gasteiger partial charge in [0.15, 0.2) is 0 Å². The summed E-state index contributed by atoms with van der Waals surface area (Å²) in [5, 5.41) is 10.4. The summed E-state index contributed by atoms with van der Waals surface area (Å²) in [5.74, 6) is 0. The van der Waals surface area contributed by atoms with Crippen molar-refractivity contribution in [3.05, 3.63) is 186 Å². The molecular formula is C48H33BrN4. The van der Waals surface area contributed by atoms with Gasteiger partial charge in [0, 0.05) is 86.4 Å². The van der Waals surface area contributed by atoms with Crippen LogP contribution >= 0.6 is 15.9 Å². The van der Waals surface area contributed by atoms with Crippen molar-refractivity contribution in [2.45, 2.75) is 0 Å². The average molecular weight is 746 g/mol. The summed E-state index contributed by atoms with van der Waals surface area (Å²) >= 11 is 3.31. The molecule has 4 heterocycles. The number of hydrogen-bond donors (Lipinski definition) is 3. The second kappa shape index (κ2) is 12.9. The Morgan fingerprint density at radius 2 is 0.698 bits per heavy atom. The Labute approximate surface area is 313 Å². The maximum atomic E-state index is 3.57. The standard InChI is InChI=1S/C24H16N2.C18H12N2.C6H5Br/c1-2-8-16(9-3-1)26-21-13-7-5-11-18(21)24-22(26)15-14-20-23(24)17-10-4-6-12-19(17)25-20;1-3-7-13-11(5-1)17-15(19-13)9-10-16-18(17)12-6-2-4-8-14(12)20-16;7-6-4-2-1-3-5-6/h1-15,25H;1-10,19-20H;1-5H. The van der Waals surface area contributed by atoms with Crippen LogP contribution in [0.15, 0.2) is 186 Å². The molecular weight excluding hydrogens is 712 g/mol. The van der Waals surface area contributed by atoms with Crippen molar-refractivity contribution in [2.75, 3.05) is 0 Å². The molecule has 0 unspecified atom stereocenters. The van der Waals surface area contributed by atoms with E-state index in [0.29, 0.717) is 0 Å². The molecule has 0 atom stereocenters. The first kappa shape index (κ1) is 31.2. The van der Waals surface area contributed by atoms with Gasteiger partial charge in [0.05, 0.1) is 11.0 Å². The number of nitrogens with zero attached hydrogens (tertiary/aromatic N) is 1. The fourth-order valence-electron chi connectivity index (χ4n) is 7.95. The third kappa shape index (κ3) is 5.28. The molecule has 0 aliphatic heterocycles. The van der Waals surface area contributed by atoms with Crippen molar-refractivity contribution >= 4 is 103 Å². The van der Waals surface area contributed by atoms with Gasteiger partial charge in [0.25, 0.3) is 0 Å². The Balaban J connectivity index is 0.000000114. The minimum atomic E-state index is 1.13. The van der Waals surface area contributed by atoms with Gasteiger partial charge in [-0.2, -0.15) is 0 Å². The van der Waals surface area contributed by atoms with Crippen LogP contribution in [0.25, 0.3) is 92.9 Å². The Morgan fingerprint density at radius 1 is 0.302 bits per heavy atom. The van der Waals surface area contributed by atoms with Crippen molar-refractivity contribution in [3.8, 4) is 5.69 Å². The molecule has 12 aromatic rings. The van der Waals surface area contributed by atoms with E-state index in [0.717, 1.165) is 4.47 Å². The molecule has 0 saturated heterocycles. The summed E-state index contributed by atoms with van der Waals surface area (Å²) in [6.45, 7) is 0. The van der Waals surface area contributed by atoms with E-state index < -0.39 is 0 Å². The summed E-state index contributed by atoms with van der Waals surface area (Å²) in [5.41, 5.74) is 10.8. The largest absolute Gasteiger partial charge is 0.354 e. The average Bonchev–Trinajstić information content (AvgIpc) is 3.97. The second-order valence-corrected chi connectivity index (χ2v) is 14.2. The van der Waals surface area contributed by atoms with E-state index in [2.05, 4.69) is 187 Å². The van der Waals surface area contributed by atoms with Crippen LogP contribution in [0.5, 0.6) is 0 Å². The molecule has 0 aliphatic carbocycles. The van der Waals surface area contributed by atoms with Crippen molar-refractivity contribution in [1.29, 1.82) is 0 Å². The predicted molar refractivity (Wildman–Crippen MR) is 229 cm³/mol. The van der Waals surface area contributed by atoms with Gasteiger partial charge in [-0.05, 0) is 72.8 Å². The molecule has 4 nitrogen and oxygen atoms in total. The highest BCUT2D eigenvalue weighted by Crippen LogP contribution is 2.40. The summed E-state index contributed by atoms with van der Waals surface area (Å²) in [6.07, 6.45) is 0. The lowest BCUT2D eigenvalue weighted by Crippen LogP contribution is -1.92. The zero-order valence-corrected chi connectivity index (χ0v) is 30.2. The third-order valence-electron chi connectivity index (χ3n) is 10.2. The number of H-pyrrole nitrogens is 3. The Morgan fingerprint density at radius 3 is 1.19 bits per heavy atom. The molecule has 0 aliphatic rings. The van der Waals surface area contributed by atoms with Crippen molar-refractivity contribution in [3.63, 3.8) is 0 Å². The number of halogens is 1. The van der Waals surface area contributed by atoms with Crippen molar-refractivity contribution in [2.24, 2.45) is 0 Å². The Bertz CT molecular complexity index is 3150. The third-order valence-corrected chi connectivity index (χ3v) is 10.7. The summed E-state index contributed by atoms with van der Waals surface area (Å²) in [6, 6.07) is 63.6. The molecule has 0 spiro atoms. The maximum Gasteiger partial charge on any atom is 0.0548 e. The van der Waals surface area contributed by atoms with Gasteiger partial charge in [0.2, 0.25) is 0 Å². The molecule has 4 aromatic heterocycles. The van der Waals surface area contributed by atoms with Gasteiger partial charge < -0.3 is 19.5 Å². The van der Waals surface area contributed by atoms with Crippen LogP contribution in [0, 0.1) is 0 Å². The SMILES string of the molecule is Brc1ccccc1.c1ccc(-n2c3ccccc3c3c4c(ccc32)[nH]c2ccccc24)cc1.c1ccc2c(c1)[nH]c1ccc3[nH]c4ccccc4c3c12. The van der Waals surface area contributed by atoms with Crippen LogP contribution in [0.4, 0.5) is 0 Å². The van der Waals surface area contributed by atoms with Gasteiger partial charge in [-0.25, -0.2) is 0 Å². The Hall–Kier alpha value is -6.56. The zero-order valence-electron chi connectivity index (χ0n) is 28.6. The number of aromatic amines is 3. The number of nitrogens with one attached hydrogen (secondary N) is 3. The van der Waals surface area contributed by atoms with Crippen LogP contribution in [0.2, 0.25) is 0 Å². The van der Waals surface area contributed by atoms with Crippen molar-refractivity contribution < 1.29 is 0 Å². The van der Waals surface area contributed by atoms with E-state index in [1.807, 2.05) is 30.3 Å². The van der Waals surface area contributed by atoms with Gasteiger partial charge >= 0.3 is 0 Å². The second-order valence-electron chi connectivity index (χ2n) is 13.3. The summed E-state index contributed by atoms with van der Waals surface area (Å²) in [4.78, 5) is 10.6. The molecule has 0 amide bonds. The van der Waals surface area contributed by atoms with E-state index in [1.54, 1.807) is 0 Å². The molecule has 0 radical (unpaired) electrons. The molecule has 3 N–H and O–H groups in total. The molecule has 0 fully saturated rings. The lowest BCUT2D eigenvalue weighted by molar-refractivity contribution is 1.18. The highest BCUT2D eigenvalue weighted by molar-refractivity contribution is 9.10. The minimum absolute atomic E-state index is 1.13. The first-order valence-electron chi connectivity index (χ1n) is 17.8. The first-order valence-corrected chi connectivity index (χ1v) is 18.6. The normalized spacial score (nSPS) is 11.5. The number of fused-ring (bicyclic) bond motifs is 14. The van der Waals surface area contributed by atoms with Crippen LogP contribution in [-0.4, -0.2) is 19.5 Å². The zero-order chi connectivity index (χ0) is 35.3. The molecule has 252 valence electrons. The molecule has 5 heteroatoms. The number of rotatable bonds is 1. The van der Waals surface area contributed by atoms with Gasteiger partial charge in [-0.1, -0.05) is 125 Å². The minimum Gasteiger partial charge on any atom is -0.354 e. The lowest BCUT2D eigenvalue weighted by atomic mass is 10.1. The van der Waals surface area contributed by atoms with Gasteiger partial charge in [-0.3, -0.25) is 0 Å². The van der Waals surface area contributed by atoms with Crippen LogP contribution in [0.1, 0.15) is 0 Å². The topological polar surface area (TPSA) is 52.3 Å². The van der Waals surface area contributed by atoms with Crippen LogP contribution in [-0.2, 0) is 0 Å². The van der Waals surface area contributed by atoms with E-state index in [-0.39, 0.29) is 0 Å². The predicted octanol–water partition coefficient (Wildman–Crippen LogP) is 13.8. The smallest absolute Gasteiger partial charge is 0.0548 e. The Kier molecular flexibility index (Phi) is 7.59. The molecule has 0 bridgehead atoms. The van der Waals surface area contributed by atoms with Gasteiger partial charge in [0.1, 0.15) is 0 Å². The quantitative estimate of drug-likeness (QED) is 0.150. The molecule has 53 heavy (non-hydrogen) atoms. The number of aromatic nitrogens is 4. The fourth-order valence-corrected chi connectivity index (χ4v) is 8.26. The lowest BCUT2D eigenvalue weighted by Gasteiger charge is -2.07. The van der Waals surface area contributed by atoms with E-state index in [9.17, 15) is 0 Å². The van der Waals surface area contributed by atoms with E-state index in [4.69, 9.17) is 0 Å². The summed E-state index contributed by atoms with van der Waals surface area (Å²) < 4.78 is 3.50. The van der Waals surface area contributed by atoms with Crippen LogP contribution < -0.4 is 0 Å². The molecule has 8 aromatic carbocycles. The molecule has 0 saturated carbocycles. The van der Waals surface area contributed by atoms with Crippen molar-refractivity contribution in [1.82, 2.24) is 19.5 Å². The van der Waals surface area contributed by atoms with E-state index in [1.165, 1.54) is 92.9 Å². The number of hydrogen-bond acceptors (Lipinski definition) is 0. The maximum absolute atomic E-state index is 3.57. The van der Waals surface area contributed by atoms with Gasteiger partial charge in [-0.15, -0.1) is 0 Å². The number of para-hydroxylation sites is 5. The molecule has 12 rings (SSSR count). The highest BCUT2D eigenvalue weighted by atomic mass is 79.9. The highest BCUT2D eigenvalue weighted by Gasteiger charge is 2.17. The monoisotopic (exact) mass is 744 g/mol. The summed E-state index contributed by atoms with van der Waals surface area (Å²) in [7, 11) is 0. The first-order chi connectivity index (χ1) is 26.2. The number of benzene rings is 8. The fraction of sp³-hybridized carbons (Fsp3) is 0. The van der Waals surface area contributed by atoms with E-state index >= 15 is 0 Å².